The van der Waals surface area contributed by atoms with Crippen LogP contribution in [0.5, 0.6) is 17.2 Å². The third-order valence-electron chi connectivity index (χ3n) is 6.45. The second-order valence-electron chi connectivity index (χ2n) is 9.10. The number of fused-ring (bicyclic) bond motifs is 1. The molecule has 0 radical (unpaired) electrons. The minimum atomic E-state index is -3.85. The van der Waals surface area contributed by atoms with E-state index in [2.05, 4.69) is 5.32 Å². The van der Waals surface area contributed by atoms with Crippen molar-refractivity contribution in [1.82, 2.24) is 10.2 Å². The van der Waals surface area contributed by atoms with E-state index >= 15 is 0 Å². The van der Waals surface area contributed by atoms with E-state index in [1.807, 2.05) is 19.9 Å². The predicted octanol–water partition coefficient (Wildman–Crippen LogP) is 2.95. The van der Waals surface area contributed by atoms with E-state index in [0.717, 1.165) is 16.3 Å². The zero-order valence-corrected chi connectivity index (χ0v) is 23.4. The number of anilines is 1. The molecule has 0 saturated heterocycles. The van der Waals surface area contributed by atoms with Gasteiger partial charge < -0.3 is 24.4 Å². The fourth-order valence-electron chi connectivity index (χ4n) is 3.92. The van der Waals surface area contributed by atoms with Crippen LogP contribution in [0, 0.1) is 0 Å². The fraction of sp³-hybridized carbons (Fsp3) is 0.481. The standard InChI is InChI=1S/C27H37N3O7S/c1-6-19(3)28-27(32)20(4)29(17-21-9-8-10-23(15-21)35-5)26(31)18-30(38(33,34)7-2)22-11-12-24-25(16-22)37-14-13-36-24/h8-12,15-16,19-20H,6-7,13-14,17-18H2,1-5H3,(H,28,32)/t19-,20+/m1/s1. The lowest BCUT2D eigenvalue weighted by molar-refractivity contribution is -0.139. The van der Waals surface area contributed by atoms with Crippen molar-refractivity contribution in [2.45, 2.75) is 52.7 Å². The number of nitrogens with zero attached hydrogens (tertiary/aromatic N) is 2. The second-order valence-corrected chi connectivity index (χ2v) is 11.3. The summed E-state index contributed by atoms with van der Waals surface area (Å²) in [7, 11) is -2.31. The maximum atomic E-state index is 13.8. The number of carbonyl (C=O) groups is 2. The van der Waals surface area contributed by atoms with E-state index in [4.69, 9.17) is 14.2 Å². The first-order valence-corrected chi connectivity index (χ1v) is 14.3. The van der Waals surface area contributed by atoms with Gasteiger partial charge in [0.05, 0.1) is 18.6 Å². The highest BCUT2D eigenvalue weighted by Gasteiger charge is 2.32. The Balaban J connectivity index is 1.95. The molecule has 0 spiro atoms. The van der Waals surface area contributed by atoms with Gasteiger partial charge >= 0.3 is 0 Å². The smallest absolute Gasteiger partial charge is 0.244 e. The van der Waals surface area contributed by atoms with E-state index in [1.165, 1.54) is 11.8 Å². The van der Waals surface area contributed by atoms with Gasteiger partial charge in [-0.3, -0.25) is 13.9 Å². The van der Waals surface area contributed by atoms with Crippen LogP contribution >= 0.6 is 0 Å². The summed E-state index contributed by atoms with van der Waals surface area (Å²) >= 11 is 0. The van der Waals surface area contributed by atoms with Gasteiger partial charge in [-0.1, -0.05) is 19.1 Å². The van der Waals surface area contributed by atoms with Crippen LogP contribution in [0.4, 0.5) is 5.69 Å². The van der Waals surface area contributed by atoms with Crippen molar-refractivity contribution in [2.24, 2.45) is 0 Å². The van der Waals surface area contributed by atoms with Crippen LogP contribution in [0.25, 0.3) is 0 Å². The van der Waals surface area contributed by atoms with Crippen LogP contribution in [-0.2, 0) is 26.2 Å². The van der Waals surface area contributed by atoms with Gasteiger partial charge in [-0.15, -0.1) is 0 Å². The van der Waals surface area contributed by atoms with Gasteiger partial charge in [0.15, 0.2) is 11.5 Å². The molecule has 2 amide bonds. The molecule has 2 aromatic rings. The monoisotopic (exact) mass is 547 g/mol. The van der Waals surface area contributed by atoms with Crippen molar-refractivity contribution in [3.8, 4) is 17.2 Å². The van der Waals surface area contributed by atoms with Gasteiger partial charge in [0, 0.05) is 18.7 Å². The molecule has 1 heterocycles. The number of methoxy groups -OCH3 is 1. The van der Waals surface area contributed by atoms with E-state index in [1.54, 1.807) is 50.4 Å². The lowest BCUT2D eigenvalue weighted by Crippen LogP contribution is -2.52. The van der Waals surface area contributed by atoms with Gasteiger partial charge in [-0.25, -0.2) is 8.42 Å². The Labute approximate surface area is 224 Å². The van der Waals surface area contributed by atoms with E-state index in [0.29, 0.717) is 30.5 Å². The number of hydrogen-bond donors (Lipinski definition) is 1. The molecule has 2 atom stereocenters. The fourth-order valence-corrected chi connectivity index (χ4v) is 4.98. The summed E-state index contributed by atoms with van der Waals surface area (Å²) in [6.45, 7) is 7.34. The van der Waals surface area contributed by atoms with E-state index in [9.17, 15) is 18.0 Å². The Morgan fingerprint density at radius 2 is 1.76 bits per heavy atom. The van der Waals surface area contributed by atoms with Crippen LogP contribution in [0.3, 0.4) is 0 Å². The van der Waals surface area contributed by atoms with Crippen LogP contribution in [-0.4, -0.2) is 69.8 Å². The first-order chi connectivity index (χ1) is 18.1. The third-order valence-corrected chi connectivity index (χ3v) is 8.19. The Kier molecular flexibility index (Phi) is 9.84. The van der Waals surface area contributed by atoms with Crippen molar-refractivity contribution in [3.63, 3.8) is 0 Å². The van der Waals surface area contributed by atoms with Crippen molar-refractivity contribution >= 4 is 27.5 Å². The maximum absolute atomic E-state index is 13.8. The molecule has 0 fully saturated rings. The molecule has 11 heteroatoms. The molecule has 1 aliphatic rings. The number of sulfonamides is 1. The topological polar surface area (TPSA) is 114 Å². The number of ether oxygens (including phenoxy) is 3. The molecular weight excluding hydrogens is 510 g/mol. The molecule has 10 nitrogen and oxygen atoms in total. The molecule has 2 aromatic carbocycles. The quantitative estimate of drug-likeness (QED) is 0.435. The summed E-state index contributed by atoms with van der Waals surface area (Å²) in [5, 5.41) is 2.91. The largest absolute Gasteiger partial charge is 0.497 e. The highest BCUT2D eigenvalue weighted by molar-refractivity contribution is 7.92. The van der Waals surface area contributed by atoms with Gasteiger partial charge in [0.25, 0.3) is 0 Å². The van der Waals surface area contributed by atoms with Gasteiger partial charge in [0.2, 0.25) is 21.8 Å². The molecule has 208 valence electrons. The van der Waals surface area contributed by atoms with Gasteiger partial charge in [-0.05, 0) is 57.0 Å². The normalized spacial score (nSPS) is 14.2. The van der Waals surface area contributed by atoms with Crippen molar-refractivity contribution in [2.75, 3.05) is 36.9 Å². The van der Waals surface area contributed by atoms with Crippen molar-refractivity contribution < 1.29 is 32.2 Å². The average Bonchev–Trinajstić information content (AvgIpc) is 2.93. The van der Waals surface area contributed by atoms with E-state index in [-0.39, 0.29) is 29.9 Å². The summed E-state index contributed by atoms with van der Waals surface area (Å²) < 4.78 is 43.8. The summed E-state index contributed by atoms with van der Waals surface area (Å²) in [6, 6.07) is 11.0. The molecule has 0 saturated carbocycles. The minimum Gasteiger partial charge on any atom is -0.497 e. The SMILES string of the molecule is CC[C@@H](C)NC(=O)[C@H](C)N(Cc1cccc(OC)c1)C(=O)CN(c1ccc2c(c1)OCCO2)S(=O)(=O)CC. The first-order valence-electron chi connectivity index (χ1n) is 12.7. The molecule has 0 aromatic heterocycles. The Bertz CT molecular complexity index is 1230. The number of carbonyl (C=O) groups excluding carboxylic acids is 2. The lowest BCUT2D eigenvalue weighted by Gasteiger charge is -2.32. The van der Waals surface area contributed by atoms with Crippen LogP contribution in [0.1, 0.15) is 39.7 Å². The molecule has 0 unspecified atom stereocenters. The third kappa shape index (κ3) is 7.09. The Hall–Kier alpha value is -3.47. The molecule has 38 heavy (non-hydrogen) atoms. The van der Waals surface area contributed by atoms with Gasteiger partial charge in [0.1, 0.15) is 31.5 Å². The lowest BCUT2D eigenvalue weighted by atomic mass is 10.1. The molecule has 1 aliphatic heterocycles. The highest BCUT2D eigenvalue weighted by atomic mass is 32.2. The zero-order chi connectivity index (χ0) is 27.9. The average molecular weight is 548 g/mol. The van der Waals surface area contributed by atoms with Crippen LogP contribution in [0.2, 0.25) is 0 Å². The van der Waals surface area contributed by atoms with Gasteiger partial charge in [-0.2, -0.15) is 0 Å². The summed E-state index contributed by atoms with van der Waals surface area (Å²) in [6.07, 6.45) is 0.731. The number of amides is 2. The number of hydrogen-bond acceptors (Lipinski definition) is 7. The molecular formula is C27H37N3O7S. The first kappa shape index (κ1) is 29.1. The number of rotatable bonds is 12. The van der Waals surface area contributed by atoms with Crippen LogP contribution in [0.15, 0.2) is 42.5 Å². The maximum Gasteiger partial charge on any atom is 0.244 e. The zero-order valence-electron chi connectivity index (χ0n) is 22.6. The second kappa shape index (κ2) is 12.9. The van der Waals surface area contributed by atoms with Crippen molar-refractivity contribution in [3.05, 3.63) is 48.0 Å². The Morgan fingerprint density at radius 1 is 1.05 bits per heavy atom. The predicted molar refractivity (Wildman–Crippen MR) is 145 cm³/mol. The summed E-state index contributed by atoms with van der Waals surface area (Å²) in [4.78, 5) is 28.2. The van der Waals surface area contributed by atoms with Crippen molar-refractivity contribution in [1.29, 1.82) is 0 Å². The summed E-state index contributed by atoms with van der Waals surface area (Å²) in [5.74, 6) is 0.473. The van der Waals surface area contributed by atoms with Crippen LogP contribution < -0.4 is 23.8 Å². The summed E-state index contributed by atoms with van der Waals surface area (Å²) in [5.41, 5.74) is 1.02. The Morgan fingerprint density at radius 3 is 2.42 bits per heavy atom. The van der Waals surface area contributed by atoms with E-state index < -0.39 is 28.5 Å². The highest BCUT2D eigenvalue weighted by Crippen LogP contribution is 2.35. The molecule has 1 N–H and O–H groups in total. The molecule has 0 bridgehead atoms. The molecule has 0 aliphatic carbocycles. The number of benzene rings is 2. The number of nitrogens with one attached hydrogen (secondary N) is 1. The minimum absolute atomic E-state index is 0.0756. The molecule has 3 rings (SSSR count).